The lowest BCUT2D eigenvalue weighted by atomic mass is 10.3. The molecule has 1 atom stereocenters. The minimum atomic E-state index is -0.579. The zero-order valence-electron chi connectivity index (χ0n) is 11.0. The molecule has 1 aromatic rings. The Labute approximate surface area is 116 Å². The molecule has 0 saturated carbocycles. The molecule has 1 N–H and O–H groups in total. The predicted molar refractivity (Wildman–Crippen MR) is 76.1 cm³/mol. The van der Waals surface area contributed by atoms with Crippen LogP contribution in [0, 0.1) is 6.92 Å². The molecule has 0 bridgehead atoms. The molecule has 2 rings (SSSR count). The van der Waals surface area contributed by atoms with Crippen LogP contribution >= 0.6 is 11.8 Å². The summed E-state index contributed by atoms with van der Waals surface area (Å²) in [7, 11) is 0. The van der Waals surface area contributed by atoms with E-state index in [1.54, 1.807) is 23.2 Å². The number of anilines is 1. The fraction of sp³-hybridized carbons (Fsp3) is 0.462. The first-order valence-electron chi connectivity index (χ1n) is 6.21. The van der Waals surface area contributed by atoms with Crippen molar-refractivity contribution in [3.63, 3.8) is 0 Å². The van der Waals surface area contributed by atoms with Crippen LogP contribution in [0.2, 0.25) is 0 Å². The Morgan fingerprint density at radius 2 is 2.32 bits per heavy atom. The van der Waals surface area contributed by atoms with Crippen molar-refractivity contribution in [2.24, 2.45) is 0 Å². The Morgan fingerprint density at radius 1 is 1.53 bits per heavy atom. The number of nitrogens with zero attached hydrogens (tertiary/aromatic N) is 2. The molecule has 6 heteroatoms. The van der Waals surface area contributed by atoms with Gasteiger partial charge in [0.15, 0.2) is 0 Å². The van der Waals surface area contributed by atoms with E-state index in [0.717, 1.165) is 11.4 Å². The average Bonchev–Trinajstić information content (AvgIpc) is 2.38. The number of carbonyl (C=O) groups excluding carboxylic acids is 2. The van der Waals surface area contributed by atoms with Crippen molar-refractivity contribution in [3.8, 4) is 0 Å². The van der Waals surface area contributed by atoms with Crippen molar-refractivity contribution < 1.29 is 9.59 Å². The number of nitrogens with one attached hydrogen (secondary N) is 1. The van der Waals surface area contributed by atoms with Gasteiger partial charge in [-0.05, 0) is 19.1 Å². The maximum Gasteiger partial charge on any atom is 0.313 e. The molecule has 102 valence electrons. The van der Waals surface area contributed by atoms with Crippen LogP contribution in [0.25, 0.3) is 0 Å². The average molecular weight is 279 g/mol. The minimum Gasteiger partial charge on any atom is -0.333 e. The smallest absolute Gasteiger partial charge is 0.313 e. The number of rotatable bonds is 1. The molecule has 1 aromatic heterocycles. The lowest BCUT2D eigenvalue weighted by molar-refractivity contribution is -0.143. The van der Waals surface area contributed by atoms with Crippen LogP contribution in [-0.2, 0) is 9.59 Å². The van der Waals surface area contributed by atoms with E-state index in [1.165, 1.54) is 0 Å². The molecular formula is C13H17N3O2S. The Morgan fingerprint density at radius 3 is 3.00 bits per heavy atom. The number of thioether (sulfide) groups is 1. The summed E-state index contributed by atoms with van der Waals surface area (Å²) in [4.78, 5) is 29.6. The zero-order chi connectivity index (χ0) is 13.8. The summed E-state index contributed by atoms with van der Waals surface area (Å²) >= 11 is 1.82. The zero-order valence-corrected chi connectivity index (χ0v) is 11.9. The largest absolute Gasteiger partial charge is 0.333 e. The van der Waals surface area contributed by atoms with E-state index < -0.39 is 11.8 Å². The predicted octanol–water partition coefficient (Wildman–Crippen LogP) is 1.29. The highest BCUT2D eigenvalue weighted by molar-refractivity contribution is 7.99. The molecule has 1 fully saturated rings. The Hall–Kier alpha value is -1.56. The third-order valence-electron chi connectivity index (χ3n) is 2.88. The van der Waals surface area contributed by atoms with Gasteiger partial charge in [-0.2, -0.15) is 11.8 Å². The number of aryl methyl sites for hydroxylation is 1. The van der Waals surface area contributed by atoms with Crippen LogP contribution < -0.4 is 5.32 Å². The molecule has 1 unspecified atom stereocenters. The van der Waals surface area contributed by atoms with E-state index in [-0.39, 0.29) is 0 Å². The fourth-order valence-electron chi connectivity index (χ4n) is 1.95. The normalized spacial score (nSPS) is 19.1. The second-order valence-corrected chi connectivity index (χ2v) is 6.12. The molecule has 2 amide bonds. The molecule has 0 aliphatic carbocycles. The van der Waals surface area contributed by atoms with Crippen LogP contribution in [0.15, 0.2) is 18.3 Å². The Bertz CT molecular complexity index is 493. The van der Waals surface area contributed by atoms with Gasteiger partial charge in [-0.25, -0.2) is 0 Å². The number of hydrogen-bond acceptors (Lipinski definition) is 4. The molecule has 19 heavy (non-hydrogen) atoms. The van der Waals surface area contributed by atoms with Gasteiger partial charge in [-0.3, -0.25) is 14.6 Å². The van der Waals surface area contributed by atoms with E-state index >= 15 is 0 Å². The summed E-state index contributed by atoms with van der Waals surface area (Å²) in [6, 6.07) is 3.41. The summed E-state index contributed by atoms with van der Waals surface area (Å²) in [6.07, 6.45) is 1.61. The molecular weight excluding hydrogens is 262 g/mol. The van der Waals surface area contributed by atoms with E-state index in [0.29, 0.717) is 24.0 Å². The van der Waals surface area contributed by atoms with Crippen LogP contribution in [0.4, 0.5) is 5.69 Å². The van der Waals surface area contributed by atoms with Crippen LogP contribution in [0.1, 0.15) is 12.6 Å². The lowest BCUT2D eigenvalue weighted by Gasteiger charge is -2.29. The first-order chi connectivity index (χ1) is 9.06. The van der Waals surface area contributed by atoms with E-state index in [2.05, 4.69) is 17.2 Å². The molecule has 1 aliphatic rings. The molecule has 0 spiro atoms. The Kier molecular flexibility index (Phi) is 4.42. The highest BCUT2D eigenvalue weighted by Crippen LogP contribution is 2.18. The van der Waals surface area contributed by atoms with E-state index in [9.17, 15) is 9.59 Å². The summed E-state index contributed by atoms with van der Waals surface area (Å²) in [5.74, 6) is -0.152. The first kappa shape index (κ1) is 13.9. The highest BCUT2D eigenvalue weighted by Gasteiger charge is 2.26. The second kappa shape index (κ2) is 6.06. The third kappa shape index (κ3) is 3.70. The monoisotopic (exact) mass is 279 g/mol. The molecule has 0 aromatic carbocycles. The lowest BCUT2D eigenvalue weighted by Crippen LogP contribution is -2.46. The standard InChI is InChI=1S/C13H17N3O2S/c1-9-7-11(3-4-14-9)15-12(17)13(18)16-5-6-19-10(2)8-16/h3-4,7,10H,5-6,8H2,1-2H3,(H,14,15,17). The SMILES string of the molecule is Cc1cc(NC(=O)C(=O)N2CCSC(C)C2)ccn1. The van der Waals surface area contributed by atoms with Gasteiger partial charge in [0.25, 0.3) is 0 Å². The van der Waals surface area contributed by atoms with Gasteiger partial charge >= 0.3 is 11.8 Å². The van der Waals surface area contributed by atoms with Gasteiger partial charge in [0.1, 0.15) is 0 Å². The number of aromatic nitrogens is 1. The van der Waals surface area contributed by atoms with E-state index in [1.807, 2.05) is 18.7 Å². The topological polar surface area (TPSA) is 62.3 Å². The highest BCUT2D eigenvalue weighted by atomic mass is 32.2. The van der Waals surface area contributed by atoms with Crippen molar-refractivity contribution in [2.45, 2.75) is 19.1 Å². The summed E-state index contributed by atoms with van der Waals surface area (Å²) in [5.41, 5.74) is 1.40. The first-order valence-corrected chi connectivity index (χ1v) is 7.25. The van der Waals surface area contributed by atoms with Crippen molar-refractivity contribution in [1.82, 2.24) is 9.88 Å². The number of carbonyl (C=O) groups is 2. The van der Waals surface area contributed by atoms with Crippen LogP contribution in [0.5, 0.6) is 0 Å². The van der Waals surface area contributed by atoms with Gasteiger partial charge < -0.3 is 10.2 Å². The molecule has 1 saturated heterocycles. The van der Waals surface area contributed by atoms with Crippen LogP contribution in [-0.4, -0.2) is 45.8 Å². The van der Waals surface area contributed by atoms with Crippen LogP contribution in [0.3, 0.4) is 0 Å². The van der Waals surface area contributed by atoms with Gasteiger partial charge in [0.05, 0.1) is 0 Å². The second-order valence-electron chi connectivity index (χ2n) is 4.57. The summed E-state index contributed by atoms with van der Waals surface area (Å²) < 4.78 is 0. The molecule has 1 aliphatic heterocycles. The van der Waals surface area contributed by atoms with Crippen molar-refractivity contribution in [3.05, 3.63) is 24.0 Å². The van der Waals surface area contributed by atoms with E-state index in [4.69, 9.17) is 0 Å². The van der Waals surface area contributed by atoms with Gasteiger partial charge in [-0.15, -0.1) is 0 Å². The maximum absolute atomic E-state index is 12.0. The van der Waals surface area contributed by atoms with Gasteiger partial charge in [0.2, 0.25) is 0 Å². The molecule has 0 radical (unpaired) electrons. The van der Waals surface area contributed by atoms with Gasteiger partial charge in [0, 0.05) is 41.7 Å². The fourth-order valence-corrected chi connectivity index (χ4v) is 2.97. The molecule has 2 heterocycles. The van der Waals surface area contributed by atoms with Crippen molar-refractivity contribution >= 4 is 29.3 Å². The number of hydrogen-bond donors (Lipinski definition) is 1. The quantitative estimate of drug-likeness (QED) is 0.787. The minimum absolute atomic E-state index is 0.383. The maximum atomic E-state index is 12.0. The Balaban J connectivity index is 1.97. The number of amides is 2. The molecule has 5 nitrogen and oxygen atoms in total. The van der Waals surface area contributed by atoms with Crippen molar-refractivity contribution in [2.75, 3.05) is 24.2 Å². The summed E-state index contributed by atoms with van der Waals surface area (Å²) in [6.45, 7) is 5.16. The summed E-state index contributed by atoms with van der Waals surface area (Å²) in [5, 5.41) is 3.00. The third-order valence-corrected chi connectivity index (χ3v) is 4.01. The van der Waals surface area contributed by atoms with Crippen molar-refractivity contribution in [1.29, 1.82) is 0 Å². The van der Waals surface area contributed by atoms with Gasteiger partial charge in [-0.1, -0.05) is 6.92 Å². The number of pyridine rings is 1.